The van der Waals surface area contributed by atoms with Crippen LogP contribution in [0.25, 0.3) is 16.7 Å². The van der Waals surface area contributed by atoms with Crippen LogP contribution in [-0.4, -0.2) is 39.1 Å². The predicted octanol–water partition coefficient (Wildman–Crippen LogP) is 2.91. The van der Waals surface area contributed by atoms with Crippen LogP contribution in [0.15, 0.2) is 59.5 Å². The number of benzene rings is 1. The van der Waals surface area contributed by atoms with Crippen molar-refractivity contribution >= 4 is 22.6 Å². The van der Waals surface area contributed by atoms with Crippen molar-refractivity contribution in [2.75, 3.05) is 13.2 Å². The average Bonchev–Trinajstić information content (AvgIpc) is 3.42. The van der Waals surface area contributed by atoms with E-state index >= 15 is 0 Å². The second-order valence-corrected chi connectivity index (χ2v) is 8.04. The van der Waals surface area contributed by atoms with E-state index in [1.165, 1.54) is 0 Å². The van der Waals surface area contributed by atoms with E-state index in [1.807, 2.05) is 54.0 Å². The normalized spacial score (nSPS) is 16.2. The molecular formula is C24H24N4O3. The van der Waals surface area contributed by atoms with Crippen LogP contribution >= 0.6 is 0 Å². The van der Waals surface area contributed by atoms with E-state index in [9.17, 15) is 9.59 Å². The molecule has 1 aliphatic rings. The number of fused-ring (bicyclic) bond motifs is 2. The fraction of sp³-hybridized carbons (Fsp3) is 0.292. The molecule has 158 valence electrons. The van der Waals surface area contributed by atoms with Crippen molar-refractivity contribution in [1.82, 2.24) is 19.3 Å². The molecule has 0 saturated carbocycles. The van der Waals surface area contributed by atoms with Gasteiger partial charge in [0.2, 0.25) is 0 Å². The van der Waals surface area contributed by atoms with Gasteiger partial charge in [-0.3, -0.25) is 14.0 Å². The first-order chi connectivity index (χ1) is 15.1. The van der Waals surface area contributed by atoms with Crippen molar-refractivity contribution in [1.29, 1.82) is 0 Å². The number of nitrogens with zero attached hydrogens (tertiary/aromatic N) is 3. The summed E-state index contributed by atoms with van der Waals surface area (Å²) in [6.07, 6.45) is 3.78. The first-order valence-corrected chi connectivity index (χ1v) is 10.6. The van der Waals surface area contributed by atoms with Gasteiger partial charge in [0.15, 0.2) is 0 Å². The first-order valence-electron chi connectivity index (χ1n) is 10.6. The molecule has 1 amide bonds. The molecule has 7 heteroatoms. The summed E-state index contributed by atoms with van der Waals surface area (Å²) in [6, 6.07) is 15.3. The minimum Gasteiger partial charge on any atom is -0.376 e. The number of carbonyl (C=O) groups excluding carboxylic acids is 1. The Labute approximate surface area is 179 Å². The van der Waals surface area contributed by atoms with Crippen molar-refractivity contribution in [3.8, 4) is 0 Å². The third-order valence-corrected chi connectivity index (χ3v) is 5.74. The predicted molar refractivity (Wildman–Crippen MR) is 119 cm³/mol. The number of hydrogen-bond donors (Lipinski definition) is 1. The van der Waals surface area contributed by atoms with E-state index in [1.54, 1.807) is 16.7 Å². The SMILES string of the molecule is Cc1ccc2nc3c(cc(C(=O)NCC4CCCO4)n3Cc3ccccc3)c(=O)n2c1. The molecule has 1 aromatic carbocycles. The summed E-state index contributed by atoms with van der Waals surface area (Å²) < 4.78 is 8.99. The van der Waals surface area contributed by atoms with Crippen LogP contribution in [-0.2, 0) is 11.3 Å². The van der Waals surface area contributed by atoms with Crippen LogP contribution in [0.1, 0.15) is 34.5 Å². The van der Waals surface area contributed by atoms with Gasteiger partial charge in [-0.1, -0.05) is 36.4 Å². The van der Waals surface area contributed by atoms with Gasteiger partial charge < -0.3 is 14.6 Å². The highest BCUT2D eigenvalue weighted by Gasteiger charge is 2.22. The summed E-state index contributed by atoms with van der Waals surface area (Å²) in [6.45, 7) is 3.57. The standard InChI is InChI=1S/C24H24N4O3/c1-16-9-10-21-26-22-19(24(30)28(21)14-16)12-20(23(29)25-13-18-8-5-11-31-18)27(22)15-17-6-3-2-4-7-17/h2-4,6-7,9-10,12,14,18H,5,8,11,13,15H2,1H3,(H,25,29). The zero-order chi connectivity index (χ0) is 21.4. The smallest absolute Gasteiger partial charge is 0.268 e. The number of hydrogen-bond acceptors (Lipinski definition) is 4. The number of aryl methyl sites for hydroxylation is 1. The molecule has 4 aromatic rings. The van der Waals surface area contributed by atoms with E-state index in [0.717, 1.165) is 30.6 Å². The Kier molecular flexibility index (Phi) is 5.03. The third kappa shape index (κ3) is 3.72. The first kappa shape index (κ1) is 19.5. The van der Waals surface area contributed by atoms with Gasteiger partial charge in [0, 0.05) is 25.9 Å². The molecule has 1 fully saturated rings. The Morgan fingerprint density at radius 3 is 2.84 bits per heavy atom. The largest absolute Gasteiger partial charge is 0.376 e. The maximum Gasteiger partial charge on any atom is 0.268 e. The highest BCUT2D eigenvalue weighted by atomic mass is 16.5. The molecule has 5 rings (SSSR count). The second-order valence-electron chi connectivity index (χ2n) is 8.04. The molecule has 0 aliphatic carbocycles. The van der Waals surface area contributed by atoms with Crippen molar-refractivity contribution in [3.63, 3.8) is 0 Å². The molecule has 4 heterocycles. The zero-order valence-electron chi connectivity index (χ0n) is 17.4. The lowest BCUT2D eigenvalue weighted by molar-refractivity contribution is 0.0851. The molecule has 1 unspecified atom stereocenters. The van der Waals surface area contributed by atoms with E-state index in [-0.39, 0.29) is 17.6 Å². The molecule has 7 nitrogen and oxygen atoms in total. The topological polar surface area (TPSA) is 77.6 Å². The number of aromatic nitrogens is 3. The molecule has 0 spiro atoms. The van der Waals surface area contributed by atoms with E-state index < -0.39 is 0 Å². The lowest BCUT2D eigenvalue weighted by Gasteiger charge is -2.13. The monoisotopic (exact) mass is 416 g/mol. The Balaban J connectivity index is 1.62. The Hall–Kier alpha value is -3.45. The Morgan fingerprint density at radius 2 is 2.06 bits per heavy atom. The molecule has 1 saturated heterocycles. The Morgan fingerprint density at radius 1 is 1.23 bits per heavy atom. The van der Waals surface area contributed by atoms with Crippen LogP contribution < -0.4 is 10.9 Å². The third-order valence-electron chi connectivity index (χ3n) is 5.74. The maximum absolute atomic E-state index is 13.2. The molecule has 0 radical (unpaired) electrons. The number of rotatable bonds is 5. The van der Waals surface area contributed by atoms with Crippen LogP contribution in [0.3, 0.4) is 0 Å². The summed E-state index contributed by atoms with van der Waals surface area (Å²) in [5.74, 6) is -0.228. The summed E-state index contributed by atoms with van der Waals surface area (Å²) in [5, 5.41) is 3.41. The molecule has 1 aliphatic heterocycles. The van der Waals surface area contributed by atoms with E-state index in [2.05, 4.69) is 5.32 Å². The van der Waals surface area contributed by atoms with E-state index in [0.29, 0.717) is 35.5 Å². The number of amides is 1. The average molecular weight is 416 g/mol. The summed E-state index contributed by atoms with van der Waals surface area (Å²) in [4.78, 5) is 31.1. The van der Waals surface area contributed by atoms with Crippen LogP contribution in [0.2, 0.25) is 0 Å². The van der Waals surface area contributed by atoms with Gasteiger partial charge in [0.25, 0.3) is 11.5 Å². The lowest BCUT2D eigenvalue weighted by atomic mass is 10.2. The minimum atomic E-state index is -0.228. The molecule has 31 heavy (non-hydrogen) atoms. The number of pyridine rings is 1. The zero-order valence-corrected chi connectivity index (χ0v) is 17.4. The maximum atomic E-state index is 13.2. The quantitative estimate of drug-likeness (QED) is 0.543. The number of carbonyl (C=O) groups is 1. The van der Waals surface area contributed by atoms with Crippen LogP contribution in [0, 0.1) is 6.92 Å². The lowest BCUT2D eigenvalue weighted by Crippen LogP contribution is -2.33. The van der Waals surface area contributed by atoms with Crippen molar-refractivity contribution in [3.05, 3.63) is 81.9 Å². The molecule has 1 atom stereocenters. The van der Waals surface area contributed by atoms with Crippen molar-refractivity contribution in [2.24, 2.45) is 0 Å². The van der Waals surface area contributed by atoms with Crippen LogP contribution in [0.5, 0.6) is 0 Å². The van der Waals surface area contributed by atoms with Crippen molar-refractivity contribution in [2.45, 2.75) is 32.4 Å². The van der Waals surface area contributed by atoms with Gasteiger partial charge in [-0.05, 0) is 43.0 Å². The minimum absolute atomic E-state index is 0.0465. The molecule has 0 bridgehead atoms. The summed E-state index contributed by atoms with van der Waals surface area (Å²) in [5.41, 5.74) is 3.31. The second kappa shape index (κ2) is 8.00. The van der Waals surface area contributed by atoms with Gasteiger partial charge in [-0.2, -0.15) is 0 Å². The number of nitrogens with one attached hydrogen (secondary N) is 1. The van der Waals surface area contributed by atoms with Crippen molar-refractivity contribution < 1.29 is 9.53 Å². The van der Waals surface area contributed by atoms with Gasteiger partial charge in [-0.25, -0.2) is 4.98 Å². The fourth-order valence-corrected chi connectivity index (χ4v) is 4.12. The summed E-state index contributed by atoms with van der Waals surface area (Å²) >= 11 is 0. The van der Waals surface area contributed by atoms with Gasteiger partial charge in [0.05, 0.1) is 11.5 Å². The highest BCUT2D eigenvalue weighted by molar-refractivity contribution is 5.98. The Bertz CT molecular complexity index is 1320. The van der Waals surface area contributed by atoms with E-state index in [4.69, 9.17) is 9.72 Å². The van der Waals surface area contributed by atoms with Crippen LogP contribution in [0.4, 0.5) is 0 Å². The molecule has 1 N–H and O–H groups in total. The van der Waals surface area contributed by atoms with Gasteiger partial charge in [0.1, 0.15) is 17.0 Å². The van der Waals surface area contributed by atoms with Gasteiger partial charge >= 0.3 is 0 Å². The fourth-order valence-electron chi connectivity index (χ4n) is 4.12. The number of ether oxygens (including phenoxy) is 1. The molecular weight excluding hydrogens is 392 g/mol. The van der Waals surface area contributed by atoms with Gasteiger partial charge in [-0.15, -0.1) is 0 Å². The molecule has 3 aromatic heterocycles. The summed E-state index contributed by atoms with van der Waals surface area (Å²) in [7, 11) is 0. The highest BCUT2D eigenvalue weighted by Crippen LogP contribution is 2.19.